The number of anilines is 1. The molecule has 3 rings (SSSR count). The normalized spacial score (nSPS) is 10.2. The van der Waals surface area contributed by atoms with Crippen molar-refractivity contribution in [2.24, 2.45) is 0 Å². The maximum atomic E-state index is 12.0. The van der Waals surface area contributed by atoms with Gasteiger partial charge in [0.15, 0.2) is 0 Å². The highest BCUT2D eigenvalue weighted by molar-refractivity contribution is 9.10. The molecule has 2 aromatic carbocycles. The number of rotatable bonds is 1. The molecule has 0 aliphatic carbocycles. The van der Waals surface area contributed by atoms with Crippen LogP contribution >= 0.6 is 15.9 Å². The number of halogens is 1. The van der Waals surface area contributed by atoms with Crippen LogP contribution in [0.3, 0.4) is 0 Å². The molecular weight excluding hydrogens is 356 g/mol. The number of hydrogen-bond acceptors (Lipinski definition) is 4. The highest BCUT2D eigenvalue weighted by atomic mass is 79.9. The van der Waals surface area contributed by atoms with Gasteiger partial charge < -0.3 is 10.7 Å². The molecule has 0 amide bonds. The summed E-state index contributed by atoms with van der Waals surface area (Å²) in [7, 11) is 0. The molecule has 0 unspecified atom stereocenters. The van der Waals surface area contributed by atoms with E-state index in [-0.39, 0.29) is 22.5 Å². The number of nitrogen functional groups attached to an aromatic ring is 1. The van der Waals surface area contributed by atoms with E-state index < -0.39 is 5.56 Å². The van der Waals surface area contributed by atoms with Gasteiger partial charge in [0.2, 0.25) is 0 Å². The van der Waals surface area contributed by atoms with Gasteiger partial charge in [0.05, 0.1) is 0 Å². The van der Waals surface area contributed by atoms with Crippen molar-refractivity contribution >= 4 is 32.5 Å². The average molecular weight is 365 g/mol. The Balaban J connectivity index is 2.47. The summed E-state index contributed by atoms with van der Waals surface area (Å²) in [5.41, 5.74) is 5.93. The third-order valence-corrected chi connectivity index (χ3v) is 4.22. The topological polar surface area (TPSA) is 106 Å². The van der Waals surface area contributed by atoms with Crippen LogP contribution < -0.4 is 11.3 Å². The van der Waals surface area contributed by atoms with Crippen molar-refractivity contribution in [3.8, 4) is 23.3 Å². The molecule has 5 nitrogen and oxygen atoms in total. The molecule has 0 spiro atoms. The van der Waals surface area contributed by atoms with E-state index >= 15 is 0 Å². The first kappa shape index (κ1) is 14.8. The first-order valence-corrected chi connectivity index (χ1v) is 7.40. The maximum absolute atomic E-state index is 12.0. The highest BCUT2D eigenvalue weighted by Crippen LogP contribution is 2.34. The summed E-state index contributed by atoms with van der Waals surface area (Å²) in [5, 5.41) is 20.6. The number of nitriles is 2. The van der Waals surface area contributed by atoms with E-state index in [9.17, 15) is 15.3 Å². The first-order valence-electron chi connectivity index (χ1n) is 6.61. The number of fused-ring (bicyclic) bond motifs is 1. The molecule has 0 saturated heterocycles. The van der Waals surface area contributed by atoms with Crippen LogP contribution in [-0.2, 0) is 0 Å². The number of H-pyrrole nitrogens is 1. The van der Waals surface area contributed by atoms with Crippen molar-refractivity contribution in [1.82, 2.24) is 4.98 Å². The second-order valence-corrected chi connectivity index (χ2v) is 5.75. The molecule has 0 aliphatic rings. The smallest absolute Gasteiger partial charge is 0.268 e. The van der Waals surface area contributed by atoms with Crippen LogP contribution in [0.15, 0.2) is 45.7 Å². The lowest BCUT2D eigenvalue weighted by Crippen LogP contribution is -2.16. The molecule has 1 heterocycles. The number of benzene rings is 2. The molecule has 0 saturated carbocycles. The number of aromatic amines is 1. The molecule has 3 N–H and O–H groups in total. The Bertz CT molecular complexity index is 1090. The van der Waals surface area contributed by atoms with Crippen molar-refractivity contribution in [2.45, 2.75) is 0 Å². The van der Waals surface area contributed by atoms with Gasteiger partial charge in [-0.15, -0.1) is 0 Å². The zero-order valence-corrected chi connectivity index (χ0v) is 13.3. The number of hydrogen-bond donors (Lipinski definition) is 2. The summed E-state index contributed by atoms with van der Waals surface area (Å²) >= 11 is 3.49. The van der Waals surface area contributed by atoms with E-state index in [4.69, 9.17) is 5.73 Å². The standard InChI is InChI=1S/C17H9BrN4O/c18-14-6-10(5-9-3-1-2-4-11(9)14)15-12(7-19)16(21)22-17(23)13(15)8-20/h1-6H,(H3,21,22,23). The first-order chi connectivity index (χ1) is 11.1. The van der Waals surface area contributed by atoms with Gasteiger partial charge in [-0.1, -0.05) is 40.2 Å². The SMILES string of the molecule is N#Cc1c(N)[nH]c(=O)c(C#N)c1-c1cc(Br)c2ccccc2c1. The molecule has 0 aliphatic heterocycles. The minimum absolute atomic E-state index is 0.0456. The molecule has 110 valence electrons. The summed E-state index contributed by atoms with van der Waals surface area (Å²) in [6, 6.07) is 15.1. The summed E-state index contributed by atoms with van der Waals surface area (Å²) in [4.78, 5) is 14.3. The van der Waals surface area contributed by atoms with E-state index in [0.29, 0.717) is 5.56 Å². The van der Waals surface area contributed by atoms with Gasteiger partial charge in [-0.3, -0.25) is 4.79 Å². The second-order valence-electron chi connectivity index (χ2n) is 4.90. The lowest BCUT2D eigenvalue weighted by molar-refractivity contribution is 1.21. The zero-order valence-electron chi connectivity index (χ0n) is 11.7. The van der Waals surface area contributed by atoms with Crippen LogP contribution in [0.25, 0.3) is 21.9 Å². The van der Waals surface area contributed by atoms with Crippen LogP contribution in [-0.4, -0.2) is 4.98 Å². The fourth-order valence-electron chi connectivity index (χ4n) is 2.54. The van der Waals surface area contributed by atoms with Gasteiger partial charge >= 0.3 is 0 Å². The number of aromatic nitrogens is 1. The molecule has 23 heavy (non-hydrogen) atoms. The Hall–Kier alpha value is -3.09. The number of pyridine rings is 1. The van der Waals surface area contributed by atoms with Crippen LogP contribution in [0.2, 0.25) is 0 Å². The molecule has 3 aromatic rings. The average Bonchev–Trinajstić information content (AvgIpc) is 2.54. The monoisotopic (exact) mass is 364 g/mol. The van der Waals surface area contributed by atoms with Gasteiger partial charge in [-0.25, -0.2) is 0 Å². The second kappa shape index (κ2) is 5.60. The predicted molar refractivity (Wildman–Crippen MR) is 91.5 cm³/mol. The molecular formula is C17H9BrN4O. The molecule has 0 fully saturated rings. The molecule has 1 aromatic heterocycles. The van der Waals surface area contributed by atoms with Crippen molar-refractivity contribution in [2.75, 3.05) is 5.73 Å². The Morgan fingerprint density at radius 1 is 1.09 bits per heavy atom. The third kappa shape index (κ3) is 2.36. The van der Waals surface area contributed by atoms with Gasteiger partial charge in [-0.05, 0) is 28.5 Å². The van der Waals surface area contributed by atoms with E-state index in [0.717, 1.165) is 15.2 Å². The quantitative estimate of drug-likeness (QED) is 0.690. The summed E-state index contributed by atoms with van der Waals surface area (Å²) in [6.07, 6.45) is 0. The highest BCUT2D eigenvalue weighted by Gasteiger charge is 2.19. The lowest BCUT2D eigenvalue weighted by Gasteiger charge is -2.11. The molecule has 0 bridgehead atoms. The Kier molecular flexibility index (Phi) is 3.61. The van der Waals surface area contributed by atoms with Crippen LogP contribution in [0.5, 0.6) is 0 Å². The van der Waals surface area contributed by atoms with Gasteiger partial charge in [-0.2, -0.15) is 10.5 Å². The largest absolute Gasteiger partial charge is 0.384 e. The van der Waals surface area contributed by atoms with Crippen molar-refractivity contribution < 1.29 is 0 Å². The van der Waals surface area contributed by atoms with E-state index in [2.05, 4.69) is 20.9 Å². The molecule has 0 atom stereocenters. The van der Waals surface area contributed by atoms with E-state index in [1.54, 1.807) is 6.07 Å². The summed E-state index contributed by atoms with van der Waals surface area (Å²) in [5.74, 6) is -0.0456. The molecule has 6 heteroatoms. The Morgan fingerprint density at radius 3 is 2.48 bits per heavy atom. The van der Waals surface area contributed by atoms with Crippen LogP contribution in [0.1, 0.15) is 11.1 Å². The predicted octanol–water partition coefficient (Wildman–Crippen LogP) is 3.28. The van der Waals surface area contributed by atoms with Crippen molar-refractivity contribution in [3.63, 3.8) is 0 Å². The third-order valence-electron chi connectivity index (χ3n) is 3.57. The minimum atomic E-state index is -0.608. The Morgan fingerprint density at radius 2 is 1.78 bits per heavy atom. The van der Waals surface area contributed by atoms with E-state index in [1.807, 2.05) is 42.5 Å². The number of nitrogens with zero attached hydrogens (tertiary/aromatic N) is 2. The van der Waals surface area contributed by atoms with Gasteiger partial charge in [0.25, 0.3) is 5.56 Å². The van der Waals surface area contributed by atoms with Crippen LogP contribution in [0, 0.1) is 22.7 Å². The van der Waals surface area contributed by atoms with Crippen LogP contribution in [0.4, 0.5) is 5.82 Å². The Labute approximate surface area is 139 Å². The zero-order chi connectivity index (χ0) is 16.6. The van der Waals surface area contributed by atoms with Crippen molar-refractivity contribution in [3.05, 3.63) is 62.4 Å². The number of nitrogens with two attached hydrogens (primary N) is 1. The lowest BCUT2D eigenvalue weighted by atomic mass is 9.94. The summed E-state index contributed by atoms with van der Waals surface area (Å²) in [6.45, 7) is 0. The van der Waals surface area contributed by atoms with Gasteiger partial charge in [0, 0.05) is 10.0 Å². The minimum Gasteiger partial charge on any atom is -0.384 e. The van der Waals surface area contributed by atoms with E-state index in [1.165, 1.54) is 0 Å². The van der Waals surface area contributed by atoms with Gasteiger partial charge in [0.1, 0.15) is 29.1 Å². The fraction of sp³-hybridized carbons (Fsp3) is 0. The maximum Gasteiger partial charge on any atom is 0.268 e. The van der Waals surface area contributed by atoms with Crippen molar-refractivity contribution in [1.29, 1.82) is 10.5 Å². The number of nitrogens with one attached hydrogen (secondary N) is 1. The summed E-state index contributed by atoms with van der Waals surface area (Å²) < 4.78 is 0.803. The fourth-order valence-corrected chi connectivity index (χ4v) is 3.15. The molecule has 0 radical (unpaired) electrons.